The molecular weight excluding hydrogens is 408 g/mol. The Balaban J connectivity index is 1.78. The molecular formula is C25H28N2O3S. The second-order valence-electron chi connectivity index (χ2n) is 7.70. The topological polar surface area (TPSA) is 66.5 Å². The third-order valence-corrected chi connectivity index (χ3v) is 6.50. The van der Waals surface area contributed by atoms with Crippen LogP contribution in [0.15, 0.2) is 66.7 Å². The minimum absolute atomic E-state index is 0.155. The Kier molecular flexibility index (Phi) is 6.81. The first-order valence-corrected chi connectivity index (χ1v) is 12.1. The van der Waals surface area contributed by atoms with Crippen LogP contribution in [0.4, 0.5) is 11.4 Å². The lowest BCUT2D eigenvalue weighted by atomic mass is 10.0. The van der Waals surface area contributed by atoms with Gasteiger partial charge in [0.15, 0.2) is 0 Å². The zero-order valence-electron chi connectivity index (χ0n) is 18.3. The van der Waals surface area contributed by atoms with Crippen molar-refractivity contribution < 1.29 is 13.2 Å². The molecule has 0 aliphatic heterocycles. The van der Waals surface area contributed by atoms with Crippen molar-refractivity contribution in [2.45, 2.75) is 33.7 Å². The molecule has 0 radical (unpaired) electrons. The molecule has 3 rings (SSSR count). The molecule has 0 saturated carbocycles. The van der Waals surface area contributed by atoms with Gasteiger partial charge in [0.1, 0.15) is 0 Å². The number of nitrogens with zero attached hydrogens (tertiary/aromatic N) is 1. The second kappa shape index (κ2) is 9.35. The molecule has 0 atom stereocenters. The summed E-state index contributed by atoms with van der Waals surface area (Å²) in [6.45, 7) is 6.20. The number of carbonyl (C=O) groups is 1. The van der Waals surface area contributed by atoms with Crippen molar-refractivity contribution in [2.75, 3.05) is 15.9 Å². The molecule has 0 unspecified atom stereocenters. The van der Waals surface area contributed by atoms with Crippen molar-refractivity contribution >= 4 is 27.3 Å². The average molecular weight is 437 g/mol. The number of hydrogen-bond acceptors (Lipinski definition) is 3. The summed E-state index contributed by atoms with van der Waals surface area (Å²) in [7, 11) is -3.46. The van der Waals surface area contributed by atoms with Crippen molar-refractivity contribution in [1.82, 2.24) is 0 Å². The molecule has 0 aliphatic rings. The maximum absolute atomic E-state index is 12.6. The summed E-state index contributed by atoms with van der Waals surface area (Å²) in [5.74, 6) is -0.155. The number of amides is 1. The summed E-state index contributed by atoms with van der Waals surface area (Å²) in [4.78, 5) is 12.6. The van der Waals surface area contributed by atoms with Crippen molar-refractivity contribution in [2.24, 2.45) is 0 Å². The lowest BCUT2D eigenvalue weighted by molar-refractivity contribution is 0.102. The van der Waals surface area contributed by atoms with E-state index in [1.165, 1.54) is 10.6 Å². The molecule has 0 aromatic heterocycles. The number of aryl methyl sites for hydroxylation is 3. The van der Waals surface area contributed by atoms with E-state index in [1.54, 1.807) is 12.1 Å². The summed E-state index contributed by atoms with van der Waals surface area (Å²) >= 11 is 0. The van der Waals surface area contributed by atoms with Gasteiger partial charge in [-0.05, 0) is 72.9 Å². The van der Waals surface area contributed by atoms with E-state index in [1.807, 2.05) is 75.4 Å². The van der Waals surface area contributed by atoms with E-state index in [-0.39, 0.29) is 12.5 Å². The highest BCUT2D eigenvalue weighted by molar-refractivity contribution is 7.92. The van der Waals surface area contributed by atoms with Crippen LogP contribution in [0.3, 0.4) is 0 Å². The molecule has 0 fully saturated rings. The number of rotatable bonds is 7. The van der Waals surface area contributed by atoms with Crippen molar-refractivity contribution in [1.29, 1.82) is 0 Å². The Hall–Kier alpha value is -3.12. The van der Waals surface area contributed by atoms with Crippen molar-refractivity contribution in [3.63, 3.8) is 0 Å². The Morgan fingerprint density at radius 3 is 2.23 bits per heavy atom. The number of benzene rings is 3. The molecule has 31 heavy (non-hydrogen) atoms. The summed E-state index contributed by atoms with van der Waals surface area (Å²) in [6, 6.07) is 20.4. The Morgan fingerprint density at radius 2 is 1.61 bits per heavy atom. The van der Waals surface area contributed by atoms with Gasteiger partial charge in [-0.1, -0.05) is 43.3 Å². The quantitative estimate of drug-likeness (QED) is 0.561. The second-order valence-corrected chi connectivity index (χ2v) is 9.61. The minimum Gasteiger partial charge on any atom is -0.322 e. The smallest absolute Gasteiger partial charge is 0.255 e. The van der Waals surface area contributed by atoms with Gasteiger partial charge in [-0.15, -0.1) is 0 Å². The lowest BCUT2D eigenvalue weighted by Crippen LogP contribution is -2.29. The van der Waals surface area contributed by atoms with E-state index in [9.17, 15) is 13.2 Å². The monoisotopic (exact) mass is 436 g/mol. The molecule has 0 aliphatic carbocycles. The highest BCUT2D eigenvalue weighted by atomic mass is 32.2. The van der Waals surface area contributed by atoms with Crippen molar-refractivity contribution in [3.05, 3.63) is 94.5 Å². The largest absolute Gasteiger partial charge is 0.322 e. The molecule has 0 heterocycles. The Labute approximate surface area is 184 Å². The van der Waals surface area contributed by atoms with Crippen LogP contribution in [-0.2, 0) is 23.0 Å². The van der Waals surface area contributed by atoms with E-state index in [2.05, 4.69) is 5.32 Å². The van der Waals surface area contributed by atoms with E-state index in [0.717, 1.165) is 28.7 Å². The fraction of sp³-hybridized carbons (Fsp3) is 0.240. The zero-order chi connectivity index (χ0) is 22.6. The number of nitrogens with one attached hydrogen (secondary N) is 1. The van der Waals surface area contributed by atoms with Gasteiger partial charge >= 0.3 is 0 Å². The number of sulfonamides is 1. The van der Waals surface area contributed by atoms with Gasteiger partial charge < -0.3 is 5.32 Å². The minimum atomic E-state index is -3.46. The predicted octanol–water partition coefficient (Wildman–Crippen LogP) is 5.08. The summed E-state index contributed by atoms with van der Waals surface area (Å²) in [5, 5.41) is 2.92. The van der Waals surface area contributed by atoms with Crippen molar-refractivity contribution in [3.8, 4) is 0 Å². The van der Waals surface area contributed by atoms with Gasteiger partial charge in [0.05, 0.1) is 18.5 Å². The summed E-state index contributed by atoms with van der Waals surface area (Å²) < 4.78 is 26.3. The number of anilines is 2. The van der Waals surface area contributed by atoms with Crippen LogP contribution in [-0.4, -0.2) is 20.6 Å². The molecule has 162 valence electrons. The highest BCUT2D eigenvalue weighted by Crippen LogP contribution is 2.24. The standard InChI is InChI=1S/C25H28N2O3S/c1-5-21-8-6-7-9-24(21)25(28)26-22-13-11-20(12-14-22)17-27(31(4,29)30)23-15-10-18(2)19(3)16-23/h6-16H,5,17H2,1-4H3,(H,26,28). The number of hydrogen-bond donors (Lipinski definition) is 1. The van der Waals surface area contributed by atoms with E-state index < -0.39 is 10.0 Å². The first kappa shape index (κ1) is 22.6. The number of carbonyl (C=O) groups excluding carboxylic acids is 1. The first-order valence-electron chi connectivity index (χ1n) is 10.2. The predicted molar refractivity (Wildman–Crippen MR) is 127 cm³/mol. The molecule has 0 saturated heterocycles. The van der Waals surface area contributed by atoms with Gasteiger partial charge in [0, 0.05) is 11.3 Å². The molecule has 1 N–H and O–H groups in total. The lowest BCUT2D eigenvalue weighted by Gasteiger charge is -2.23. The van der Waals surface area contributed by atoms with Crippen LogP contribution in [0, 0.1) is 13.8 Å². The third kappa shape index (κ3) is 5.52. The van der Waals surface area contributed by atoms with E-state index >= 15 is 0 Å². The maximum atomic E-state index is 12.6. The summed E-state index contributed by atoms with van der Waals surface area (Å²) in [6.07, 6.45) is 1.99. The van der Waals surface area contributed by atoms with Crippen LogP contribution in [0.5, 0.6) is 0 Å². The van der Waals surface area contributed by atoms with Crippen LogP contribution in [0.25, 0.3) is 0 Å². The van der Waals surface area contributed by atoms with Crippen LogP contribution in [0.2, 0.25) is 0 Å². The maximum Gasteiger partial charge on any atom is 0.255 e. The Morgan fingerprint density at radius 1 is 0.935 bits per heavy atom. The molecule has 0 spiro atoms. The van der Waals surface area contributed by atoms with Crippen LogP contribution in [0.1, 0.15) is 39.5 Å². The normalized spacial score (nSPS) is 11.2. The fourth-order valence-corrected chi connectivity index (χ4v) is 4.27. The first-order chi connectivity index (χ1) is 14.7. The van der Waals surface area contributed by atoms with E-state index in [0.29, 0.717) is 16.9 Å². The molecule has 3 aromatic rings. The molecule has 1 amide bonds. The molecule has 5 nitrogen and oxygen atoms in total. The van der Waals surface area contributed by atoms with Gasteiger partial charge in [-0.25, -0.2) is 8.42 Å². The third-order valence-electron chi connectivity index (χ3n) is 5.36. The summed E-state index contributed by atoms with van der Waals surface area (Å²) in [5.41, 5.74) is 5.94. The SMILES string of the molecule is CCc1ccccc1C(=O)Nc1ccc(CN(c2ccc(C)c(C)c2)S(C)(=O)=O)cc1. The Bertz CT molecular complexity index is 1190. The van der Waals surface area contributed by atoms with Crippen LogP contribution >= 0.6 is 0 Å². The van der Waals surface area contributed by atoms with Gasteiger partial charge in [0.2, 0.25) is 10.0 Å². The van der Waals surface area contributed by atoms with Gasteiger partial charge in [0.25, 0.3) is 5.91 Å². The average Bonchev–Trinajstić information content (AvgIpc) is 2.74. The zero-order valence-corrected chi connectivity index (χ0v) is 19.2. The molecule has 3 aromatic carbocycles. The van der Waals surface area contributed by atoms with Gasteiger partial charge in [-0.3, -0.25) is 9.10 Å². The van der Waals surface area contributed by atoms with E-state index in [4.69, 9.17) is 0 Å². The highest BCUT2D eigenvalue weighted by Gasteiger charge is 2.18. The van der Waals surface area contributed by atoms with Gasteiger partial charge in [-0.2, -0.15) is 0 Å². The fourth-order valence-electron chi connectivity index (χ4n) is 3.39. The van der Waals surface area contributed by atoms with Crippen LogP contribution < -0.4 is 9.62 Å². The molecule has 6 heteroatoms. The molecule has 0 bridgehead atoms.